The van der Waals surface area contributed by atoms with E-state index in [4.69, 9.17) is 0 Å². The molecule has 0 spiro atoms. The van der Waals surface area contributed by atoms with Gasteiger partial charge in [0.15, 0.2) is 0 Å². The first-order valence-corrected chi connectivity index (χ1v) is 18.4. The Morgan fingerprint density at radius 2 is 0.943 bits per heavy atom. The van der Waals surface area contributed by atoms with Crippen LogP contribution in [0.1, 0.15) is 23.6 Å². The minimum Gasteiger partial charge on any atom is -0.310 e. The third-order valence-electron chi connectivity index (χ3n) is 11.3. The Bertz CT molecular complexity index is 2770. The van der Waals surface area contributed by atoms with E-state index < -0.39 is 0 Å². The summed E-state index contributed by atoms with van der Waals surface area (Å²) in [7, 11) is 0. The Morgan fingerprint density at radius 1 is 0.377 bits per heavy atom. The zero-order chi connectivity index (χ0) is 35.4. The highest BCUT2D eigenvalue weighted by molar-refractivity contribution is 5.99. The van der Waals surface area contributed by atoms with Crippen molar-refractivity contribution < 1.29 is 0 Å². The molecule has 1 aliphatic rings. The first kappa shape index (κ1) is 31.1. The Morgan fingerprint density at radius 3 is 1.75 bits per heavy atom. The van der Waals surface area contributed by atoms with Crippen LogP contribution in [0.5, 0.6) is 0 Å². The van der Waals surface area contributed by atoms with Crippen LogP contribution in [0.3, 0.4) is 0 Å². The lowest BCUT2D eigenvalue weighted by Crippen LogP contribution is -2.22. The molecule has 0 fully saturated rings. The van der Waals surface area contributed by atoms with Gasteiger partial charge in [-0.15, -0.1) is 0 Å². The van der Waals surface area contributed by atoms with Crippen LogP contribution in [0.25, 0.3) is 54.9 Å². The van der Waals surface area contributed by atoms with Crippen LogP contribution in [-0.2, 0) is 5.41 Å². The molecule has 0 aliphatic heterocycles. The normalized spacial score (nSPS) is 14.6. The highest BCUT2D eigenvalue weighted by Gasteiger charge is 2.42. The summed E-state index contributed by atoms with van der Waals surface area (Å²) in [5.74, 6) is 0. The molecule has 0 aromatic heterocycles. The maximum Gasteiger partial charge on any atom is 0.0543 e. The second-order valence-electron chi connectivity index (χ2n) is 14.3. The number of hydrogen-bond acceptors (Lipinski definition) is 1. The molecule has 1 aliphatic carbocycles. The first-order chi connectivity index (χ1) is 26.2. The molecule has 0 saturated heterocycles. The topological polar surface area (TPSA) is 3.24 Å². The van der Waals surface area contributed by atoms with Crippen molar-refractivity contribution in [2.45, 2.75) is 12.3 Å². The first-order valence-electron chi connectivity index (χ1n) is 18.4. The van der Waals surface area contributed by atoms with Gasteiger partial charge in [0.05, 0.1) is 5.69 Å². The predicted octanol–water partition coefficient (Wildman–Crippen LogP) is 14.1. The monoisotopic (exact) mass is 675 g/mol. The maximum absolute atomic E-state index is 2.45. The Hall–Kier alpha value is -6.70. The molecule has 0 radical (unpaired) electrons. The molecule has 0 amide bonds. The van der Waals surface area contributed by atoms with Gasteiger partial charge < -0.3 is 4.90 Å². The van der Waals surface area contributed by atoms with Crippen molar-refractivity contribution in [3.05, 3.63) is 223 Å². The van der Waals surface area contributed by atoms with Crippen molar-refractivity contribution in [1.82, 2.24) is 0 Å². The molecule has 1 unspecified atom stereocenters. The molecular weight excluding hydrogens is 639 g/mol. The largest absolute Gasteiger partial charge is 0.310 e. The van der Waals surface area contributed by atoms with Gasteiger partial charge >= 0.3 is 0 Å². The highest BCUT2D eigenvalue weighted by atomic mass is 15.1. The van der Waals surface area contributed by atoms with Crippen LogP contribution >= 0.6 is 0 Å². The smallest absolute Gasteiger partial charge is 0.0543 e. The number of nitrogens with zero attached hydrogens (tertiary/aromatic N) is 1. The number of fused-ring (bicyclic) bond motifs is 5. The molecule has 0 saturated carbocycles. The van der Waals surface area contributed by atoms with Gasteiger partial charge in [-0.2, -0.15) is 0 Å². The fourth-order valence-electron chi connectivity index (χ4n) is 8.66. The summed E-state index contributed by atoms with van der Waals surface area (Å²) < 4.78 is 0. The minimum atomic E-state index is -0.277. The lowest BCUT2D eigenvalue weighted by Gasteiger charge is -2.30. The van der Waals surface area contributed by atoms with E-state index in [1.165, 1.54) is 77.3 Å². The molecule has 9 aromatic rings. The SMILES string of the molecule is CC1(c2ccccc2)c2ccccc2-c2c(N(c3ccc(-c4ccc(-c5cccc6ccccc56)cc4)cc3)c3ccc4ccccc4c3)cccc21. The second kappa shape index (κ2) is 12.5. The van der Waals surface area contributed by atoms with Crippen molar-refractivity contribution in [2.75, 3.05) is 4.90 Å². The van der Waals surface area contributed by atoms with E-state index in [-0.39, 0.29) is 5.41 Å². The third-order valence-corrected chi connectivity index (χ3v) is 11.3. The van der Waals surface area contributed by atoms with Crippen LogP contribution in [0.4, 0.5) is 17.1 Å². The molecule has 53 heavy (non-hydrogen) atoms. The van der Waals surface area contributed by atoms with Crippen LogP contribution in [0.15, 0.2) is 206 Å². The number of anilines is 3. The molecule has 1 atom stereocenters. The average molecular weight is 676 g/mol. The maximum atomic E-state index is 2.45. The Labute approximate surface area is 311 Å². The fraction of sp³-hybridized carbons (Fsp3) is 0.0385. The van der Waals surface area contributed by atoms with E-state index in [1.807, 2.05) is 0 Å². The molecular formula is C52H37N. The van der Waals surface area contributed by atoms with E-state index in [2.05, 4.69) is 218 Å². The fourth-order valence-corrected chi connectivity index (χ4v) is 8.66. The number of benzene rings is 9. The van der Waals surface area contributed by atoms with Gasteiger partial charge in [-0.05, 0) is 103 Å². The van der Waals surface area contributed by atoms with Gasteiger partial charge in [0.2, 0.25) is 0 Å². The standard InChI is InChI=1S/C52H37N/c1-52(42-17-3-2-4-18-42)48-22-10-9-20-47(48)51-49(52)23-12-24-50(51)53(44-34-31-36-13-5-6-15-41(36)35-44)43-32-29-38(30-33-43)37-25-27-40(28-26-37)46-21-11-16-39-14-7-8-19-45(39)46/h2-35H,1H3. The summed E-state index contributed by atoms with van der Waals surface area (Å²) >= 11 is 0. The molecule has 0 heterocycles. The van der Waals surface area contributed by atoms with Gasteiger partial charge in [0, 0.05) is 22.4 Å². The lowest BCUT2D eigenvalue weighted by atomic mass is 9.74. The second-order valence-corrected chi connectivity index (χ2v) is 14.3. The third kappa shape index (κ3) is 5.08. The van der Waals surface area contributed by atoms with Crippen molar-refractivity contribution in [2.24, 2.45) is 0 Å². The van der Waals surface area contributed by atoms with E-state index in [1.54, 1.807) is 0 Å². The molecule has 1 heteroatoms. The molecule has 10 rings (SSSR count). The molecule has 1 nitrogen and oxygen atoms in total. The molecule has 250 valence electrons. The summed E-state index contributed by atoms with van der Waals surface area (Å²) in [5.41, 5.74) is 14.6. The van der Waals surface area contributed by atoms with Crippen LogP contribution < -0.4 is 4.90 Å². The van der Waals surface area contributed by atoms with Gasteiger partial charge in [0.1, 0.15) is 0 Å². The molecule has 9 aromatic carbocycles. The summed E-state index contributed by atoms with van der Waals surface area (Å²) in [6.45, 7) is 2.39. The Balaban J connectivity index is 1.10. The van der Waals surface area contributed by atoms with Gasteiger partial charge in [-0.25, -0.2) is 0 Å². The quantitative estimate of drug-likeness (QED) is 0.170. The zero-order valence-electron chi connectivity index (χ0n) is 29.6. The van der Waals surface area contributed by atoms with Crippen molar-refractivity contribution >= 4 is 38.6 Å². The van der Waals surface area contributed by atoms with E-state index in [0.717, 1.165) is 11.4 Å². The van der Waals surface area contributed by atoms with Gasteiger partial charge in [-0.3, -0.25) is 0 Å². The van der Waals surface area contributed by atoms with Crippen molar-refractivity contribution in [3.63, 3.8) is 0 Å². The van der Waals surface area contributed by atoms with Gasteiger partial charge in [-0.1, -0.05) is 176 Å². The van der Waals surface area contributed by atoms with Crippen LogP contribution in [0, 0.1) is 0 Å². The minimum absolute atomic E-state index is 0.277. The average Bonchev–Trinajstić information content (AvgIpc) is 3.50. The predicted molar refractivity (Wildman–Crippen MR) is 224 cm³/mol. The number of hydrogen-bond donors (Lipinski definition) is 0. The summed E-state index contributed by atoms with van der Waals surface area (Å²) in [4.78, 5) is 2.45. The van der Waals surface area contributed by atoms with Crippen LogP contribution in [0.2, 0.25) is 0 Å². The Kier molecular flexibility index (Phi) is 7.33. The summed E-state index contributed by atoms with van der Waals surface area (Å²) in [6.07, 6.45) is 0. The zero-order valence-corrected chi connectivity index (χ0v) is 29.6. The van der Waals surface area contributed by atoms with Crippen molar-refractivity contribution in [1.29, 1.82) is 0 Å². The van der Waals surface area contributed by atoms with Crippen molar-refractivity contribution in [3.8, 4) is 33.4 Å². The molecule has 0 N–H and O–H groups in total. The van der Waals surface area contributed by atoms with Crippen LogP contribution in [-0.4, -0.2) is 0 Å². The molecule has 0 bridgehead atoms. The van der Waals surface area contributed by atoms with E-state index in [9.17, 15) is 0 Å². The lowest BCUT2D eigenvalue weighted by molar-refractivity contribution is 0.714. The van der Waals surface area contributed by atoms with E-state index in [0.29, 0.717) is 0 Å². The highest BCUT2D eigenvalue weighted by Crippen LogP contribution is 2.56. The van der Waals surface area contributed by atoms with Gasteiger partial charge in [0.25, 0.3) is 0 Å². The summed E-state index contributed by atoms with van der Waals surface area (Å²) in [5, 5.41) is 5.00. The number of rotatable bonds is 6. The summed E-state index contributed by atoms with van der Waals surface area (Å²) in [6, 6.07) is 75.5. The van der Waals surface area contributed by atoms with E-state index >= 15 is 0 Å².